The van der Waals surface area contributed by atoms with E-state index in [4.69, 9.17) is 4.74 Å². The van der Waals surface area contributed by atoms with E-state index in [1.165, 1.54) is 24.5 Å². The summed E-state index contributed by atoms with van der Waals surface area (Å²) in [5, 5.41) is 3.49. The predicted octanol–water partition coefficient (Wildman–Crippen LogP) is 4.94. The molecule has 1 aliphatic rings. The molecule has 0 atom stereocenters. The Kier molecular flexibility index (Phi) is 4.27. The largest absolute Gasteiger partial charge is 0.457 e. The lowest BCUT2D eigenvalue weighted by atomic mass is 10.1. The molecule has 0 radical (unpaired) electrons. The summed E-state index contributed by atoms with van der Waals surface area (Å²) in [6, 6.07) is 11.6. The summed E-state index contributed by atoms with van der Waals surface area (Å²) in [6.45, 7) is 2.89. The van der Waals surface area contributed by atoms with Gasteiger partial charge in [0.2, 0.25) is 0 Å². The van der Waals surface area contributed by atoms with Crippen LogP contribution in [-0.2, 0) is 6.54 Å². The lowest BCUT2D eigenvalue weighted by Gasteiger charge is -2.11. The zero-order chi connectivity index (χ0) is 14.8. The smallest absolute Gasteiger partial charge is 0.141 e. The van der Waals surface area contributed by atoms with Crippen LogP contribution in [0.4, 0.5) is 4.39 Å². The predicted molar refractivity (Wildman–Crippen MR) is 85.2 cm³/mol. The standard InChI is InChI=1S/C17H17BrFNO/c1-11-8-12(10-20-13-3-4-13)2-7-17(11)21-14-5-6-15(18)16(19)9-14/h2,5-9,13,20H,3-4,10H2,1H3. The molecule has 110 valence electrons. The van der Waals surface area contributed by atoms with E-state index in [1.807, 2.05) is 19.1 Å². The van der Waals surface area contributed by atoms with Crippen LogP contribution in [0.15, 0.2) is 40.9 Å². The van der Waals surface area contributed by atoms with Crippen LogP contribution in [0, 0.1) is 12.7 Å². The van der Waals surface area contributed by atoms with Crippen LogP contribution in [0.5, 0.6) is 11.5 Å². The van der Waals surface area contributed by atoms with Crippen LogP contribution in [0.1, 0.15) is 24.0 Å². The zero-order valence-electron chi connectivity index (χ0n) is 11.8. The second-order valence-electron chi connectivity index (χ2n) is 5.43. The SMILES string of the molecule is Cc1cc(CNC2CC2)ccc1Oc1ccc(Br)c(F)c1. The number of halogens is 2. The summed E-state index contributed by atoms with van der Waals surface area (Å²) in [5.74, 6) is 0.935. The fourth-order valence-electron chi connectivity index (χ4n) is 2.15. The van der Waals surface area contributed by atoms with Gasteiger partial charge in [0.15, 0.2) is 0 Å². The van der Waals surface area contributed by atoms with Crippen molar-refractivity contribution in [3.05, 3.63) is 57.8 Å². The summed E-state index contributed by atoms with van der Waals surface area (Å²) in [6.07, 6.45) is 2.57. The van der Waals surface area contributed by atoms with E-state index in [0.717, 1.165) is 17.9 Å². The number of aryl methyl sites for hydroxylation is 1. The first-order chi connectivity index (χ1) is 10.1. The Hall–Kier alpha value is -1.39. The van der Waals surface area contributed by atoms with Crippen LogP contribution in [0.3, 0.4) is 0 Å². The van der Waals surface area contributed by atoms with Gasteiger partial charge in [-0.15, -0.1) is 0 Å². The molecule has 0 aliphatic heterocycles. The molecular weight excluding hydrogens is 333 g/mol. The van der Waals surface area contributed by atoms with Crippen LogP contribution < -0.4 is 10.1 Å². The minimum absolute atomic E-state index is 0.324. The van der Waals surface area contributed by atoms with Crippen molar-refractivity contribution in [3.8, 4) is 11.5 Å². The van der Waals surface area contributed by atoms with Gasteiger partial charge in [0.25, 0.3) is 0 Å². The Bertz CT molecular complexity index is 655. The topological polar surface area (TPSA) is 21.3 Å². The normalized spacial score (nSPS) is 14.2. The molecule has 2 nitrogen and oxygen atoms in total. The lowest BCUT2D eigenvalue weighted by Crippen LogP contribution is -2.15. The third kappa shape index (κ3) is 3.83. The van der Waals surface area contributed by atoms with Crippen molar-refractivity contribution >= 4 is 15.9 Å². The molecule has 2 aromatic rings. The van der Waals surface area contributed by atoms with Gasteiger partial charge in [0, 0.05) is 18.7 Å². The monoisotopic (exact) mass is 349 g/mol. The van der Waals surface area contributed by atoms with E-state index in [2.05, 4.69) is 27.3 Å². The van der Waals surface area contributed by atoms with Crippen molar-refractivity contribution in [2.45, 2.75) is 32.4 Å². The summed E-state index contributed by atoms with van der Waals surface area (Å²) in [4.78, 5) is 0. The van der Waals surface area contributed by atoms with E-state index < -0.39 is 0 Å². The van der Waals surface area contributed by atoms with E-state index in [-0.39, 0.29) is 5.82 Å². The van der Waals surface area contributed by atoms with Crippen LogP contribution in [-0.4, -0.2) is 6.04 Å². The molecule has 0 bridgehead atoms. The molecule has 3 rings (SSSR count). The summed E-state index contributed by atoms with van der Waals surface area (Å²) < 4.78 is 19.7. The highest BCUT2D eigenvalue weighted by Gasteiger charge is 2.19. The molecule has 0 heterocycles. The second-order valence-corrected chi connectivity index (χ2v) is 6.29. The molecule has 21 heavy (non-hydrogen) atoms. The van der Waals surface area contributed by atoms with Crippen molar-refractivity contribution in [3.63, 3.8) is 0 Å². The van der Waals surface area contributed by atoms with E-state index in [9.17, 15) is 4.39 Å². The number of hydrogen-bond acceptors (Lipinski definition) is 2. The number of hydrogen-bond donors (Lipinski definition) is 1. The van der Waals surface area contributed by atoms with E-state index in [0.29, 0.717) is 16.3 Å². The fourth-order valence-corrected chi connectivity index (χ4v) is 2.40. The van der Waals surface area contributed by atoms with Crippen molar-refractivity contribution in [2.24, 2.45) is 0 Å². The fraction of sp³-hybridized carbons (Fsp3) is 0.294. The molecule has 1 N–H and O–H groups in total. The van der Waals surface area contributed by atoms with Gasteiger partial charge in [-0.2, -0.15) is 0 Å². The van der Waals surface area contributed by atoms with Gasteiger partial charge in [-0.1, -0.05) is 12.1 Å². The van der Waals surface area contributed by atoms with Gasteiger partial charge in [0.05, 0.1) is 4.47 Å². The first-order valence-electron chi connectivity index (χ1n) is 7.07. The van der Waals surface area contributed by atoms with Gasteiger partial charge in [-0.25, -0.2) is 4.39 Å². The van der Waals surface area contributed by atoms with E-state index in [1.54, 1.807) is 12.1 Å². The average Bonchev–Trinajstić information content (AvgIpc) is 3.27. The number of rotatable bonds is 5. The van der Waals surface area contributed by atoms with Gasteiger partial charge in [-0.05, 0) is 65.0 Å². The zero-order valence-corrected chi connectivity index (χ0v) is 13.4. The molecular formula is C17H17BrFNO. The number of benzene rings is 2. The third-order valence-corrected chi connectivity index (χ3v) is 4.17. The van der Waals surface area contributed by atoms with Crippen LogP contribution in [0.2, 0.25) is 0 Å². The van der Waals surface area contributed by atoms with Gasteiger partial charge in [0.1, 0.15) is 17.3 Å². The molecule has 0 unspecified atom stereocenters. The molecule has 1 aliphatic carbocycles. The molecule has 2 aromatic carbocycles. The first-order valence-corrected chi connectivity index (χ1v) is 7.87. The summed E-state index contributed by atoms with van der Waals surface area (Å²) >= 11 is 3.14. The summed E-state index contributed by atoms with van der Waals surface area (Å²) in [5.41, 5.74) is 2.29. The molecule has 0 amide bonds. The molecule has 0 aromatic heterocycles. The van der Waals surface area contributed by atoms with Gasteiger partial charge >= 0.3 is 0 Å². The molecule has 0 saturated heterocycles. The minimum Gasteiger partial charge on any atom is -0.457 e. The average molecular weight is 350 g/mol. The first kappa shape index (κ1) is 14.5. The minimum atomic E-state index is -0.324. The van der Waals surface area contributed by atoms with Crippen molar-refractivity contribution in [2.75, 3.05) is 0 Å². The number of nitrogens with one attached hydrogen (secondary N) is 1. The summed E-state index contributed by atoms with van der Waals surface area (Å²) in [7, 11) is 0. The quantitative estimate of drug-likeness (QED) is 0.825. The van der Waals surface area contributed by atoms with Crippen molar-refractivity contribution in [1.82, 2.24) is 5.32 Å². The Labute approximate surface area is 132 Å². The van der Waals surface area contributed by atoms with Crippen molar-refractivity contribution in [1.29, 1.82) is 0 Å². The van der Waals surface area contributed by atoms with Gasteiger partial charge in [-0.3, -0.25) is 0 Å². The number of ether oxygens (including phenoxy) is 1. The maximum absolute atomic E-state index is 13.5. The van der Waals surface area contributed by atoms with Gasteiger partial charge < -0.3 is 10.1 Å². The second kappa shape index (κ2) is 6.16. The maximum Gasteiger partial charge on any atom is 0.141 e. The van der Waals surface area contributed by atoms with Crippen molar-refractivity contribution < 1.29 is 9.13 Å². The molecule has 1 saturated carbocycles. The Balaban J connectivity index is 1.70. The maximum atomic E-state index is 13.5. The Morgan fingerprint density at radius 1 is 1.24 bits per heavy atom. The highest BCUT2D eigenvalue weighted by molar-refractivity contribution is 9.10. The third-order valence-electron chi connectivity index (χ3n) is 3.53. The van der Waals surface area contributed by atoms with Crippen LogP contribution >= 0.6 is 15.9 Å². The molecule has 0 spiro atoms. The highest BCUT2D eigenvalue weighted by atomic mass is 79.9. The Morgan fingerprint density at radius 2 is 2.05 bits per heavy atom. The van der Waals surface area contributed by atoms with Crippen LogP contribution in [0.25, 0.3) is 0 Å². The molecule has 4 heteroatoms. The Morgan fingerprint density at radius 3 is 2.71 bits per heavy atom. The highest BCUT2D eigenvalue weighted by Crippen LogP contribution is 2.28. The molecule has 1 fully saturated rings. The lowest BCUT2D eigenvalue weighted by molar-refractivity contribution is 0.472. The van der Waals surface area contributed by atoms with E-state index >= 15 is 0 Å².